The number of rotatable bonds is 7. The molecule has 1 saturated heterocycles. The highest BCUT2D eigenvalue weighted by Gasteiger charge is 2.48. The zero-order valence-electron chi connectivity index (χ0n) is 18.1. The number of esters is 1. The maximum absolute atomic E-state index is 12.9. The van der Waals surface area contributed by atoms with E-state index in [1.165, 1.54) is 0 Å². The predicted octanol–water partition coefficient (Wildman–Crippen LogP) is 2.85. The number of carbonyl (C=O) groups is 2. The van der Waals surface area contributed by atoms with Crippen LogP contribution < -0.4 is 4.74 Å². The molecule has 3 heterocycles. The number of pyridine rings is 1. The van der Waals surface area contributed by atoms with Crippen molar-refractivity contribution in [3.8, 4) is 17.1 Å². The molecular formula is C21H23F3N4O5. The average molecular weight is 468 g/mol. The maximum Gasteiger partial charge on any atom is 0.492 e. The fourth-order valence-corrected chi connectivity index (χ4v) is 3.53. The third kappa shape index (κ3) is 5.38. The second kappa shape index (κ2) is 10.1. The van der Waals surface area contributed by atoms with Gasteiger partial charge in [-0.1, -0.05) is 0 Å². The summed E-state index contributed by atoms with van der Waals surface area (Å²) in [6.07, 6.45) is -3.46. The van der Waals surface area contributed by atoms with Gasteiger partial charge in [0.2, 0.25) is 5.88 Å². The van der Waals surface area contributed by atoms with E-state index in [1.54, 1.807) is 37.4 Å². The lowest BCUT2D eigenvalue weighted by Gasteiger charge is -2.38. The molecule has 0 aliphatic carbocycles. The van der Waals surface area contributed by atoms with Gasteiger partial charge >= 0.3 is 18.1 Å². The standard InChI is InChI=1S/C21H23F3N4O5/c1-3-31-17-14(6-5-11-25-17)15-7-8-16(27-26-15)20(18(29)32-4-2)9-12-28(13-10-20)33-19(30)21(22,23)24/h5-8,11H,3-4,9-10,12-13H2,1-2H3. The molecule has 0 spiro atoms. The smallest absolute Gasteiger partial charge is 0.477 e. The van der Waals surface area contributed by atoms with Crippen molar-refractivity contribution in [1.29, 1.82) is 0 Å². The third-order valence-corrected chi connectivity index (χ3v) is 5.17. The highest BCUT2D eigenvalue weighted by atomic mass is 19.4. The molecule has 0 amide bonds. The number of hydrogen-bond acceptors (Lipinski definition) is 9. The molecule has 0 atom stereocenters. The van der Waals surface area contributed by atoms with Gasteiger partial charge in [0.05, 0.1) is 30.2 Å². The Labute approximate surface area is 187 Å². The Balaban J connectivity index is 1.84. The first kappa shape index (κ1) is 24.4. The summed E-state index contributed by atoms with van der Waals surface area (Å²) < 4.78 is 48.2. The van der Waals surface area contributed by atoms with Crippen LogP contribution in [0.25, 0.3) is 11.3 Å². The van der Waals surface area contributed by atoms with Crippen molar-refractivity contribution in [2.75, 3.05) is 26.3 Å². The van der Waals surface area contributed by atoms with Crippen LogP contribution in [0.3, 0.4) is 0 Å². The molecule has 12 heteroatoms. The number of aromatic nitrogens is 3. The first-order valence-corrected chi connectivity index (χ1v) is 10.3. The Morgan fingerprint density at radius 3 is 2.39 bits per heavy atom. The average Bonchev–Trinajstić information content (AvgIpc) is 2.80. The van der Waals surface area contributed by atoms with Crippen molar-refractivity contribution in [3.05, 3.63) is 36.2 Å². The van der Waals surface area contributed by atoms with Crippen LogP contribution in [0.5, 0.6) is 5.88 Å². The third-order valence-electron chi connectivity index (χ3n) is 5.17. The van der Waals surface area contributed by atoms with Crippen molar-refractivity contribution in [2.45, 2.75) is 38.3 Å². The molecule has 1 aliphatic heterocycles. The maximum atomic E-state index is 12.9. The number of nitrogens with zero attached hydrogens (tertiary/aromatic N) is 4. The molecule has 1 fully saturated rings. The number of hydrogen-bond donors (Lipinski definition) is 0. The fourth-order valence-electron chi connectivity index (χ4n) is 3.53. The van der Waals surface area contributed by atoms with Crippen molar-refractivity contribution >= 4 is 11.9 Å². The molecule has 3 rings (SSSR count). The predicted molar refractivity (Wildman–Crippen MR) is 108 cm³/mol. The lowest BCUT2D eigenvalue weighted by Crippen LogP contribution is -2.49. The Morgan fingerprint density at radius 2 is 1.82 bits per heavy atom. The Morgan fingerprint density at radius 1 is 1.09 bits per heavy atom. The summed E-state index contributed by atoms with van der Waals surface area (Å²) in [5, 5.41) is 9.36. The van der Waals surface area contributed by atoms with Gasteiger partial charge in [0, 0.05) is 19.3 Å². The normalized spacial score (nSPS) is 16.2. The molecule has 0 saturated carbocycles. The largest absolute Gasteiger partial charge is 0.492 e. The molecular weight excluding hydrogens is 445 g/mol. The summed E-state index contributed by atoms with van der Waals surface area (Å²) in [4.78, 5) is 32.6. The van der Waals surface area contributed by atoms with Crippen molar-refractivity contribution in [1.82, 2.24) is 20.2 Å². The van der Waals surface area contributed by atoms with E-state index < -0.39 is 23.5 Å². The van der Waals surface area contributed by atoms with Gasteiger partial charge in [-0.25, -0.2) is 9.78 Å². The molecule has 0 N–H and O–H groups in total. The van der Waals surface area contributed by atoms with Gasteiger partial charge in [-0.2, -0.15) is 23.4 Å². The van der Waals surface area contributed by atoms with Gasteiger partial charge in [-0.05, 0) is 51.0 Å². The minimum atomic E-state index is -5.11. The van der Waals surface area contributed by atoms with Gasteiger partial charge in [0.25, 0.3) is 0 Å². The topological polar surface area (TPSA) is 104 Å². The zero-order chi connectivity index (χ0) is 24.1. The number of alkyl halides is 3. The fraction of sp³-hybridized carbons (Fsp3) is 0.476. The summed E-state index contributed by atoms with van der Waals surface area (Å²) in [6.45, 7) is 3.79. The van der Waals surface area contributed by atoms with Crippen LogP contribution in [0.2, 0.25) is 0 Å². The molecule has 0 radical (unpaired) electrons. The molecule has 0 bridgehead atoms. The van der Waals surface area contributed by atoms with Crippen LogP contribution in [-0.4, -0.2) is 64.7 Å². The number of hydroxylamine groups is 2. The van der Waals surface area contributed by atoms with Crippen molar-refractivity contribution in [2.24, 2.45) is 0 Å². The summed E-state index contributed by atoms with van der Waals surface area (Å²) in [5.74, 6) is -2.48. The van der Waals surface area contributed by atoms with E-state index in [4.69, 9.17) is 9.47 Å². The molecule has 178 valence electrons. The highest BCUT2D eigenvalue weighted by Crippen LogP contribution is 2.37. The Hall–Kier alpha value is -3.28. The van der Waals surface area contributed by atoms with E-state index in [0.29, 0.717) is 29.4 Å². The summed E-state index contributed by atoms with van der Waals surface area (Å²) >= 11 is 0. The van der Waals surface area contributed by atoms with Crippen molar-refractivity contribution < 1.29 is 37.1 Å². The minimum absolute atomic E-state index is 0.0298. The SMILES string of the molecule is CCOC(=O)C1(c2ccc(-c3cccnc3OCC)nn2)CCN(OC(=O)C(F)(F)F)CC1. The summed E-state index contributed by atoms with van der Waals surface area (Å²) in [7, 11) is 0. The van der Waals surface area contributed by atoms with Gasteiger partial charge < -0.3 is 14.3 Å². The van der Waals surface area contributed by atoms with Crippen LogP contribution in [0.15, 0.2) is 30.5 Å². The van der Waals surface area contributed by atoms with E-state index in [0.717, 1.165) is 5.06 Å². The van der Waals surface area contributed by atoms with E-state index in [-0.39, 0.29) is 32.5 Å². The second-order valence-corrected chi connectivity index (χ2v) is 7.20. The highest BCUT2D eigenvalue weighted by molar-refractivity contribution is 5.83. The molecule has 0 aromatic carbocycles. The lowest BCUT2D eigenvalue weighted by atomic mass is 9.75. The summed E-state index contributed by atoms with van der Waals surface area (Å²) in [5.41, 5.74) is 0.178. The van der Waals surface area contributed by atoms with E-state index in [2.05, 4.69) is 20.0 Å². The lowest BCUT2D eigenvalue weighted by molar-refractivity contribution is -0.243. The molecule has 9 nitrogen and oxygen atoms in total. The number of piperidine rings is 1. The van der Waals surface area contributed by atoms with E-state index in [1.807, 2.05) is 6.92 Å². The Bertz CT molecular complexity index is 977. The van der Waals surface area contributed by atoms with Gasteiger partial charge in [-0.15, -0.1) is 5.06 Å². The first-order valence-electron chi connectivity index (χ1n) is 10.3. The monoisotopic (exact) mass is 468 g/mol. The van der Waals surface area contributed by atoms with Crippen LogP contribution in [0.4, 0.5) is 13.2 Å². The second-order valence-electron chi connectivity index (χ2n) is 7.20. The van der Waals surface area contributed by atoms with Crippen LogP contribution in [0, 0.1) is 0 Å². The van der Waals surface area contributed by atoms with Crippen molar-refractivity contribution in [3.63, 3.8) is 0 Å². The number of ether oxygens (including phenoxy) is 2. The van der Waals surface area contributed by atoms with Crippen LogP contribution in [-0.2, 0) is 24.6 Å². The van der Waals surface area contributed by atoms with E-state index in [9.17, 15) is 22.8 Å². The Kier molecular flexibility index (Phi) is 7.46. The molecule has 0 unspecified atom stereocenters. The number of halogens is 3. The van der Waals surface area contributed by atoms with Gasteiger partial charge in [-0.3, -0.25) is 4.79 Å². The number of carbonyl (C=O) groups excluding carboxylic acids is 2. The quantitative estimate of drug-likeness (QED) is 0.568. The molecule has 1 aliphatic rings. The van der Waals surface area contributed by atoms with E-state index >= 15 is 0 Å². The zero-order valence-corrected chi connectivity index (χ0v) is 18.1. The van der Waals surface area contributed by atoms with Crippen LogP contribution in [0.1, 0.15) is 32.4 Å². The summed E-state index contributed by atoms with van der Waals surface area (Å²) in [6, 6.07) is 6.79. The first-order chi connectivity index (χ1) is 15.7. The minimum Gasteiger partial charge on any atom is -0.477 e. The molecule has 2 aromatic heterocycles. The van der Waals surface area contributed by atoms with Gasteiger partial charge in [0.1, 0.15) is 5.41 Å². The molecule has 33 heavy (non-hydrogen) atoms. The molecule has 2 aromatic rings. The van der Waals surface area contributed by atoms with Gasteiger partial charge in [0.15, 0.2) is 0 Å². The van der Waals surface area contributed by atoms with Crippen LogP contribution >= 0.6 is 0 Å².